The summed E-state index contributed by atoms with van der Waals surface area (Å²) in [6, 6.07) is 0. The van der Waals surface area contributed by atoms with Crippen LogP contribution in [0.5, 0.6) is 0 Å². The third-order valence-electron chi connectivity index (χ3n) is 14.7. The normalized spacial score (nSPS) is 49.4. The number of aliphatic hydroxyl groups excluding tert-OH is 3. The lowest BCUT2D eigenvalue weighted by molar-refractivity contribution is -0.345. The molecule has 1 spiro atoms. The number of halogens is 2. The van der Waals surface area contributed by atoms with E-state index < -0.39 is 109 Å². The fraction of sp³-hybridized carbons (Fsp3) is 0.804. The Morgan fingerprint density at radius 3 is 2.16 bits per heavy atom. The summed E-state index contributed by atoms with van der Waals surface area (Å²) in [4.78, 5) is 14.4. The molecule has 0 saturated carbocycles. The average molecular weight is 1120 g/mol. The van der Waals surface area contributed by atoms with Crippen LogP contribution in [0.25, 0.3) is 0 Å². The Kier molecular flexibility index (Phi) is 17.9. The first-order valence-corrected chi connectivity index (χ1v) is 28.7. The number of aliphatic hydroxyl groups is 4. The van der Waals surface area contributed by atoms with Gasteiger partial charge in [0.05, 0.1) is 55.4 Å². The topological polar surface area (TPSA) is 190 Å². The van der Waals surface area contributed by atoms with E-state index in [0.717, 1.165) is 5.57 Å². The van der Waals surface area contributed by atoms with Crippen LogP contribution in [0.4, 0.5) is 0 Å². The summed E-state index contributed by atoms with van der Waals surface area (Å²) >= 11 is 4.24. The van der Waals surface area contributed by atoms with Crippen LogP contribution in [0.3, 0.4) is 0 Å². The Morgan fingerprint density at radius 2 is 1.48 bits per heavy atom. The molecule has 5 fully saturated rings. The minimum Gasteiger partial charge on any atom is -0.462 e. The number of hydrogen-bond donors (Lipinski definition) is 4. The van der Waals surface area contributed by atoms with E-state index in [0.29, 0.717) is 42.4 Å². The second kappa shape index (κ2) is 21.8. The molecule has 0 aromatic rings. The fourth-order valence-electron chi connectivity index (χ4n) is 10.7. The van der Waals surface area contributed by atoms with E-state index in [1.54, 1.807) is 41.1 Å². The lowest BCUT2D eigenvalue weighted by Crippen LogP contribution is -2.60. The highest BCUT2D eigenvalue weighted by molar-refractivity contribution is 15.0. The molecular weight excluding hydrogens is 1050 g/mol. The molecule has 0 radical (unpaired) electrons. The molecule has 15 nitrogen and oxygen atoms in total. The van der Waals surface area contributed by atoms with E-state index in [9.17, 15) is 25.2 Å². The molecule has 358 valence electrons. The molecule has 0 amide bonds. The second-order valence-corrected chi connectivity index (χ2v) is 18.7. The molecule has 7 aliphatic rings. The number of fused-ring (bicyclic) bond motifs is 2. The van der Waals surface area contributed by atoms with Gasteiger partial charge < -0.3 is 67.8 Å². The molecule has 0 aromatic heterocycles. The average Bonchev–Trinajstić information content (AvgIpc) is 3.57. The molecule has 4 N–H and O–H groups in total. The van der Waals surface area contributed by atoms with Gasteiger partial charge >= 0.3 is 5.97 Å². The first-order valence-electron chi connectivity index (χ1n) is 22.4. The van der Waals surface area contributed by atoms with Gasteiger partial charge in [0.1, 0.15) is 42.0 Å². The molecule has 6 aliphatic heterocycles. The summed E-state index contributed by atoms with van der Waals surface area (Å²) in [5.41, 5.74) is 0.599. The summed E-state index contributed by atoms with van der Waals surface area (Å²) in [5.74, 6) is -3.28. The molecular formula is C46H70I2O15. The zero-order chi connectivity index (χ0) is 46.1. The number of carbonyl (C=O) groups is 1. The maximum Gasteiger partial charge on any atom is 0.316 e. The van der Waals surface area contributed by atoms with Crippen molar-refractivity contribution < 1.29 is 72.6 Å². The molecule has 20 unspecified atom stereocenters. The highest BCUT2D eigenvalue weighted by Crippen LogP contribution is 2.50. The van der Waals surface area contributed by atoms with Gasteiger partial charge in [0.25, 0.3) is 0 Å². The molecule has 2 bridgehead atoms. The number of rotatable bonds is 6. The van der Waals surface area contributed by atoms with Gasteiger partial charge in [0.15, 0.2) is 18.4 Å². The monoisotopic (exact) mass is 1120 g/mol. The van der Waals surface area contributed by atoms with Gasteiger partial charge in [-0.2, -0.15) is 0 Å². The molecule has 1 aliphatic carbocycles. The molecule has 0 aromatic carbocycles. The molecule has 5 saturated heterocycles. The van der Waals surface area contributed by atoms with E-state index in [4.69, 9.17) is 47.4 Å². The van der Waals surface area contributed by atoms with Gasteiger partial charge in [-0.1, -0.05) is 43.7 Å². The molecule has 20 atom stereocenters. The first kappa shape index (κ1) is 51.8. The number of carbonyl (C=O) groups excluding carboxylic acids is 1. The van der Waals surface area contributed by atoms with Crippen molar-refractivity contribution in [3.8, 4) is 0 Å². The number of allylic oxidation sites excluding steroid dienone is 2. The smallest absolute Gasteiger partial charge is 0.316 e. The third kappa shape index (κ3) is 10.8. The summed E-state index contributed by atoms with van der Waals surface area (Å²) < 4.78 is 63.1. The number of hydrogen-bond acceptors (Lipinski definition) is 15. The highest BCUT2D eigenvalue weighted by atomic mass is 128. The van der Waals surface area contributed by atoms with Gasteiger partial charge in [-0.3, -0.25) is 4.79 Å². The number of esters is 1. The van der Waals surface area contributed by atoms with Crippen LogP contribution in [0.15, 0.2) is 46.6 Å². The third-order valence-corrected chi connectivity index (χ3v) is 14.7. The lowest BCUT2D eigenvalue weighted by Gasteiger charge is -2.50. The summed E-state index contributed by atoms with van der Waals surface area (Å²) in [7, 11) is 3.20. The van der Waals surface area contributed by atoms with Gasteiger partial charge in [0, 0.05) is 95.4 Å². The van der Waals surface area contributed by atoms with Crippen LogP contribution in [-0.4, -0.2) is 151 Å². The zero-order valence-electron chi connectivity index (χ0n) is 38.2. The Bertz CT molecular complexity index is 1690. The first-order chi connectivity index (χ1) is 29.9. The van der Waals surface area contributed by atoms with E-state index >= 15 is 0 Å². The van der Waals surface area contributed by atoms with E-state index in [1.165, 1.54) is 0 Å². The van der Waals surface area contributed by atoms with E-state index in [-0.39, 0.29) is 37.4 Å². The predicted octanol–water partition coefficient (Wildman–Crippen LogP) is 5.71. The SMILES string of the molecule is COC1CC(OC2C(C)OC(OC3/C(C)=C/CC4CC(CC5(CC(O)C(C)C(C)O5)O4)OC(=O)C4C(C)=C(C)C(O)C5OC/C(=C\C=C\C3C)C45O)CC2OC)OC(C)C1O.II. The quantitative estimate of drug-likeness (QED) is 0.144. The van der Waals surface area contributed by atoms with Crippen LogP contribution in [0, 0.1) is 17.8 Å². The summed E-state index contributed by atoms with van der Waals surface area (Å²) in [5, 5.41) is 45.6. The Balaban J connectivity index is 0.00000326. The lowest BCUT2D eigenvalue weighted by atomic mass is 9.67. The van der Waals surface area contributed by atoms with E-state index in [2.05, 4.69) is 43.3 Å². The molecule has 7 rings (SSSR count). The zero-order valence-corrected chi connectivity index (χ0v) is 42.5. The highest BCUT2D eigenvalue weighted by Gasteiger charge is 2.62. The number of ether oxygens (including phenoxy) is 10. The fourth-order valence-corrected chi connectivity index (χ4v) is 10.7. The van der Waals surface area contributed by atoms with Gasteiger partial charge in [0.2, 0.25) is 0 Å². The Morgan fingerprint density at radius 1 is 0.810 bits per heavy atom. The Labute approximate surface area is 395 Å². The van der Waals surface area contributed by atoms with Crippen molar-refractivity contribution in [1.29, 1.82) is 0 Å². The standard InChI is InChI=1S/C46H70O15.I2/c1-22-12-11-13-30-21-54-43-39(48)25(4)24(3)38(46(30,43)51)44(50)57-32-16-31(61-45(19-32)20-33(47)26(5)27(6)60-45)15-14-23(2)41(22)58-37-18-35(53-10)42(29(8)56-37)59-36-17-34(52-9)40(49)28(7)55-36;1-2/h11-14,22,26-29,31-43,47-49,51H,15-21H2,1-10H3;/b12-11+,23-14+,30-13+;. The van der Waals surface area contributed by atoms with Crippen LogP contribution in [0.1, 0.15) is 93.9 Å². The largest absolute Gasteiger partial charge is 0.462 e. The number of methoxy groups -OCH3 is 2. The van der Waals surface area contributed by atoms with Crippen molar-refractivity contribution in [3.05, 3.63) is 46.6 Å². The van der Waals surface area contributed by atoms with E-state index in [1.807, 2.05) is 46.8 Å². The summed E-state index contributed by atoms with van der Waals surface area (Å²) in [6.45, 7) is 15.1. The van der Waals surface area contributed by atoms with Crippen LogP contribution in [0.2, 0.25) is 0 Å². The maximum absolute atomic E-state index is 14.4. The summed E-state index contributed by atoms with van der Waals surface area (Å²) in [6.07, 6.45) is 0.532. The van der Waals surface area contributed by atoms with Crippen molar-refractivity contribution in [3.63, 3.8) is 0 Å². The predicted molar refractivity (Wildman–Crippen MR) is 248 cm³/mol. The van der Waals surface area contributed by atoms with Gasteiger partial charge in [-0.25, -0.2) is 0 Å². The van der Waals surface area contributed by atoms with Gasteiger partial charge in [-0.05, 0) is 64.7 Å². The van der Waals surface area contributed by atoms with Crippen molar-refractivity contribution in [2.24, 2.45) is 17.8 Å². The van der Waals surface area contributed by atoms with Gasteiger partial charge in [-0.15, -0.1) is 0 Å². The minimum atomic E-state index is -1.87. The molecule has 63 heavy (non-hydrogen) atoms. The maximum atomic E-state index is 14.4. The van der Waals surface area contributed by atoms with Crippen molar-refractivity contribution in [2.75, 3.05) is 20.8 Å². The minimum absolute atomic E-state index is 0.0113. The van der Waals surface area contributed by atoms with Crippen molar-refractivity contribution in [2.45, 2.75) is 197 Å². The van der Waals surface area contributed by atoms with Crippen LogP contribution in [-0.2, 0) is 52.2 Å². The van der Waals surface area contributed by atoms with Crippen molar-refractivity contribution in [1.82, 2.24) is 0 Å². The molecule has 6 heterocycles. The van der Waals surface area contributed by atoms with Crippen LogP contribution >= 0.6 is 37.2 Å². The van der Waals surface area contributed by atoms with Crippen molar-refractivity contribution >= 4 is 43.2 Å². The van der Waals surface area contributed by atoms with Crippen LogP contribution < -0.4 is 0 Å². The second-order valence-electron chi connectivity index (χ2n) is 18.7. The Hall–Kier alpha value is -0.630. The molecule has 17 heteroatoms.